The second-order valence-electron chi connectivity index (χ2n) is 5.28. The SMILES string of the molecule is CCCNC(Cc1ccc(Cl)cc1)CC(C)COC. The molecule has 2 atom stereocenters. The molecule has 0 aliphatic carbocycles. The summed E-state index contributed by atoms with van der Waals surface area (Å²) in [6, 6.07) is 8.67. The molecule has 2 unspecified atom stereocenters. The summed E-state index contributed by atoms with van der Waals surface area (Å²) in [4.78, 5) is 0. The van der Waals surface area contributed by atoms with Gasteiger partial charge in [0, 0.05) is 24.8 Å². The topological polar surface area (TPSA) is 21.3 Å². The average Bonchev–Trinajstić information content (AvgIpc) is 2.39. The maximum Gasteiger partial charge on any atom is 0.0488 e. The van der Waals surface area contributed by atoms with Crippen molar-refractivity contribution in [3.63, 3.8) is 0 Å². The van der Waals surface area contributed by atoms with Gasteiger partial charge < -0.3 is 10.1 Å². The van der Waals surface area contributed by atoms with Crippen molar-refractivity contribution >= 4 is 11.6 Å². The first-order chi connectivity index (χ1) is 9.15. The standard InChI is InChI=1S/C16H26ClNO/c1-4-9-18-16(10-13(2)12-19-3)11-14-5-7-15(17)8-6-14/h5-8,13,16,18H,4,9-12H2,1-3H3. The predicted octanol–water partition coefficient (Wildman–Crippen LogP) is 3.92. The van der Waals surface area contributed by atoms with Crippen LogP contribution in [-0.4, -0.2) is 26.3 Å². The minimum absolute atomic E-state index is 0.506. The van der Waals surface area contributed by atoms with E-state index in [0.29, 0.717) is 12.0 Å². The van der Waals surface area contributed by atoms with Crippen molar-refractivity contribution in [1.29, 1.82) is 0 Å². The molecule has 0 heterocycles. The second kappa shape index (κ2) is 9.35. The van der Waals surface area contributed by atoms with E-state index in [1.165, 1.54) is 5.56 Å². The van der Waals surface area contributed by atoms with Crippen molar-refractivity contribution in [2.45, 2.75) is 39.2 Å². The van der Waals surface area contributed by atoms with Crippen molar-refractivity contribution < 1.29 is 4.74 Å². The zero-order valence-electron chi connectivity index (χ0n) is 12.3. The number of benzene rings is 1. The van der Waals surface area contributed by atoms with E-state index >= 15 is 0 Å². The van der Waals surface area contributed by atoms with Crippen LogP contribution in [0.4, 0.5) is 0 Å². The van der Waals surface area contributed by atoms with E-state index in [-0.39, 0.29) is 0 Å². The number of nitrogens with one attached hydrogen (secondary N) is 1. The van der Waals surface area contributed by atoms with Gasteiger partial charge in [-0.25, -0.2) is 0 Å². The molecule has 0 fully saturated rings. The third-order valence-corrected chi connectivity index (χ3v) is 3.47. The normalized spacial score (nSPS) is 14.3. The molecular formula is C16H26ClNO. The molecule has 3 heteroatoms. The summed E-state index contributed by atoms with van der Waals surface area (Å²) in [5.41, 5.74) is 1.34. The molecule has 0 spiro atoms. The zero-order valence-corrected chi connectivity index (χ0v) is 13.0. The molecule has 0 saturated carbocycles. The van der Waals surface area contributed by atoms with Gasteiger partial charge in [0.05, 0.1) is 0 Å². The van der Waals surface area contributed by atoms with E-state index in [1.807, 2.05) is 12.1 Å². The predicted molar refractivity (Wildman–Crippen MR) is 82.9 cm³/mol. The fraction of sp³-hybridized carbons (Fsp3) is 0.625. The Labute approximate surface area is 122 Å². The second-order valence-corrected chi connectivity index (χ2v) is 5.71. The number of methoxy groups -OCH3 is 1. The Morgan fingerprint density at radius 3 is 2.53 bits per heavy atom. The lowest BCUT2D eigenvalue weighted by atomic mass is 9.96. The van der Waals surface area contributed by atoms with E-state index < -0.39 is 0 Å². The molecule has 2 nitrogen and oxygen atoms in total. The van der Waals surface area contributed by atoms with Gasteiger partial charge in [-0.2, -0.15) is 0 Å². The smallest absolute Gasteiger partial charge is 0.0488 e. The summed E-state index contributed by atoms with van der Waals surface area (Å²) in [5, 5.41) is 4.43. The molecule has 19 heavy (non-hydrogen) atoms. The lowest BCUT2D eigenvalue weighted by molar-refractivity contribution is 0.149. The monoisotopic (exact) mass is 283 g/mol. The molecule has 0 amide bonds. The molecule has 0 aliphatic rings. The van der Waals surface area contributed by atoms with Crippen molar-refractivity contribution in [3.8, 4) is 0 Å². The minimum atomic E-state index is 0.506. The molecule has 0 aromatic heterocycles. The molecule has 0 radical (unpaired) electrons. The number of halogens is 1. The molecule has 0 aliphatic heterocycles. The average molecular weight is 284 g/mol. The third-order valence-electron chi connectivity index (χ3n) is 3.22. The van der Waals surface area contributed by atoms with Crippen LogP contribution in [0.1, 0.15) is 32.3 Å². The summed E-state index contributed by atoms with van der Waals surface area (Å²) < 4.78 is 5.23. The van der Waals surface area contributed by atoms with Crippen LogP contribution in [0.3, 0.4) is 0 Å². The quantitative estimate of drug-likeness (QED) is 0.742. The minimum Gasteiger partial charge on any atom is -0.384 e. The Balaban J connectivity index is 2.54. The van der Waals surface area contributed by atoms with Gasteiger partial charge in [0.2, 0.25) is 0 Å². The van der Waals surface area contributed by atoms with E-state index in [0.717, 1.165) is 37.4 Å². The number of hydrogen-bond donors (Lipinski definition) is 1. The highest BCUT2D eigenvalue weighted by Gasteiger charge is 2.13. The van der Waals surface area contributed by atoms with E-state index in [9.17, 15) is 0 Å². The zero-order chi connectivity index (χ0) is 14.1. The van der Waals surface area contributed by atoms with Crippen LogP contribution in [0.5, 0.6) is 0 Å². The van der Waals surface area contributed by atoms with Crippen molar-refractivity contribution in [2.75, 3.05) is 20.3 Å². The van der Waals surface area contributed by atoms with E-state index in [4.69, 9.17) is 16.3 Å². The lowest BCUT2D eigenvalue weighted by Gasteiger charge is -2.22. The summed E-state index contributed by atoms with van der Waals surface area (Å²) >= 11 is 5.93. The highest BCUT2D eigenvalue weighted by atomic mass is 35.5. The van der Waals surface area contributed by atoms with Gasteiger partial charge in [-0.1, -0.05) is 37.6 Å². The van der Waals surface area contributed by atoms with Gasteiger partial charge in [0.1, 0.15) is 0 Å². The van der Waals surface area contributed by atoms with Crippen LogP contribution in [0.25, 0.3) is 0 Å². The summed E-state index contributed by atoms with van der Waals surface area (Å²) in [5.74, 6) is 0.576. The molecule has 0 bridgehead atoms. The first-order valence-electron chi connectivity index (χ1n) is 7.12. The van der Waals surface area contributed by atoms with Crippen LogP contribution in [0.2, 0.25) is 5.02 Å². The maximum absolute atomic E-state index is 5.93. The number of hydrogen-bond acceptors (Lipinski definition) is 2. The highest BCUT2D eigenvalue weighted by Crippen LogP contribution is 2.15. The molecule has 1 aromatic carbocycles. The lowest BCUT2D eigenvalue weighted by Crippen LogP contribution is -2.34. The fourth-order valence-electron chi connectivity index (χ4n) is 2.33. The molecule has 1 rings (SSSR count). The van der Waals surface area contributed by atoms with Crippen LogP contribution < -0.4 is 5.32 Å². The first kappa shape index (κ1) is 16.5. The molecule has 0 saturated heterocycles. The Bertz CT molecular complexity index is 339. The van der Waals surface area contributed by atoms with Crippen molar-refractivity contribution in [3.05, 3.63) is 34.9 Å². The summed E-state index contributed by atoms with van der Waals surface area (Å²) in [6.07, 6.45) is 3.34. The van der Waals surface area contributed by atoms with Crippen LogP contribution in [-0.2, 0) is 11.2 Å². The van der Waals surface area contributed by atoms with Gasteiger partial charge in [0.15, 0.2) is 0 Å². The fourth-order valence-corrected chi connectivity index (χ4v) is 2.46. The Morgan fingerprint density at radius 1 is 1.26 bits per heavy atom. The summed E-state index contributed by atoms with van der Waals surface area (Å²) in [7, 11) is 1.77. The van der Waals surface area contributed by atoms with Crippen LogP contribution >= 0.6 is 11.6 Å². The molecule has 1 aromatic rings. The third kappa shape index (κ3) is 6.95. The number of rotatable bonds is 9. The first-order valence-corrected chi connectivity index (χ1v) is 7.50. The maximum atomic E-state index is 5.93. The molecule has 108 valence electrons. The molecule has 1 N–H and O–H groups in total. The van der Waals surface area contributed by atoms with Gasteiger partial charge in [-0.15, -0.1) is 0 Å². The molecular weight excluding hydrogens is 258 g/mol. The number of ether oxygens (including phenoxy) is 1. The van der Waals surface area contributed by atoms with Gasteiger partial charge in [0.25, 0.3) is 0 Å². The Morgan fingerprint density at radius 2 is 1.95 bits per heavy atom. The van der Waals surface area contributed by atoms with Crippen molar-refractivity contribution in [2.24, 2.45) is 5.92 Å². The Hall–Kier alpha value is -0.570. The van der Waals surface area contributed by atoms with Crippen molar-refractivity contribution in [1.82, 2.24) is 5.32 Å². The van der Waals surface area contributed by atoms with Gasteiger partial charge >= 0.3 is 0 Å². The largest absolute Gasteiger partial charge is 0.384 e. The van der Waals surface area contributed by atoms with E-state index in [2.05, 4.69) is 31.3 Å². The van der Waals surface area contributed by atoms with E-state index in [1.54, 1.807) is 7.11 Å². The van der Waals surface area contributed by atoms with Gasteiger partial charge in [-0.05, 0) is 49.4 Å². The highest BCUT2D eigenvalue weighted by molar-refractivity contribution is 6.30. The van der Waals surface area contributed by atoms with Gasteiger partial charge in [-0.3, -0.25) is 0 Å². The van der Waals surface area contributed by atoms with Crippen LogP contribution in [0, 0.1) is 5.92 Å². The van der Waals surface area contributed by atoms with Crippen LogP contribution in [0.15, 0.2) is 24.3 Å². The summed E-state index contributed by atoms with van der Waals surface area (Å²) in [6.45, 7) is 6.33. The Kier molecular flexibility index (Phi) is 8.11.